The van der Waals surface area contributed by atoms with Crippen LogP contribution in [-0.4, -0.2) is 31.8 Å². The van der Waals surface area contributed by atoms with Crippen molar-refractivity contribution in [1.29, 1.82) is 0 Å². The van der Waals surface area contributed by atoms with Crippen LogP contribution in [0.2, 0.25) is 5.02 Å². The third-order valence-electron chi connectivity index (χ3n) is 5.69. The Labute approximate surface area is 181 Å². The average Bonchev–Trinajstić information content (AvgIpc) is 3.11. The molecule has 1 aliphatic carbocycles. The zero-order valence-electron chi connectivity index (χ0n) is 16.7. The van der Waals surface area contributed by atoms with Gasteiger partial charge in [0.15, 0.2) is 0 Å². The largest absolute Gasteiger partial charge is 0.417 e. The van der Waals surface area contributed by atoms with Gasteiger partial charge in [-0.3, -0.25) is 4.79 Å². The highest BCUT2D eigenvalue weighted by molar-refractivity contribution is 6.34. The summed E-state index contributed by atoms with van der Waals surface area (Å²) in [7, 11) is 0. The smallest absolute Gasteiger partial charge is 0.327 e. The zero-order valence-corrected chi connectivity index (χ0v) is 17.5. The van der Waals surface area contributed by atoms with Crippen molar-refractivity contribution in [2.24, 2.45) is 0 Å². The number of allylic oxidation sites excluding steroid dienone is 4. The quantitative estimate of drug-likeness (QED) is 0.556. The summed E-state index contributed by atoms with van der Waals surface area (Å²) in [6.45, 7) is 3.56. The van der Waals surface area contributed by atoms with E-state index in [9.17, 15) is 22.4 Å². The summed E-state index contributed by atoms with van der Waals surface area (Å²) in [6, 6.07) is 2.45. The molecular weight excluding hydrogens is 436 g/mol. The molecule has 2 heterocycles. The van der Waals surface area contributed by atoms with Crippen molar-refractivity contribution >= 4 is 23.2 Å². The molecule has 31 heavy (non-hydrogen) atoms. The molecule has 1 aromatic heterocycles. The summed E-state index contributed by atoms with van der Waals surface area (Å²) in [6.07, 6.45) is -0.451. The highest BCUT2D eigenvalue weighted by Crippen LogP contribution is 2.39. The van der Waals surface area contributed by atoms with E-state index in [-0.39, 0.29) is 23.9 Å². The maximum atomic E-state index is 13.3. The number of alkyl halides is 3. The van der Waals surface area contributed by atoms with E-state index >= 15 is 0 Å². The summed E-state index contributed by atoms with van der Waals surface area (Å²) < 4.78 is 54.7. The lowest BCUT2D eigenvalue weighted by molar-refractivity contribution is -0.137. The first-order valence-corrected chi connectivity index (χ1v) is 10.2. The van der Waals surface area contributed by atoms with Crippen LogP contribution in [-0.2, 0) is 12.6 Å². The molecule has 2 aromatic rings. The summed E-state index contributed by atoms with van der Waals surface area (Å²) in [5.41, 5.74) is 0.914. The van der Waals surface area contributed by atoms with E-state index in [0.717, 1.165) is 17.5 Å². The van der Waals surface area contributed by atoms with Gasteiger partial charge in [-0.15, -0.1) is 5.10 Å². The molecule has 0 bridgehead atoms. The van der Waals surface area contributed by atoms with Crippen molar-refractivity contribution in [2.45, 2.75) is 51.4 Å². The maximum absolute atomic E-state index is 13.3. The molecule has 1 aliphatic heterocycles. The van der Waals surface area contributed by atoms with Gasteiger partial charge in [0, 0.05) is 24.6 Å². The molecule has 0 saturated heterocycles. The van der Waals surface area contributed by atoms with Crippen molar-refractivity contribution in [1.82, 2.24) is 19.9 Å². The number of aromatic nitrogens is 3. The molecule has 0 spiro atoms. The third kappa shape index (κ3) is 3.75. The van der Waals surface area contributed by atoms with E-state index in [2.05, 4.69) is 10.3 Å². The van der Waals surface area contributed by atoms with Crippen LogP contribution in [0.3, 0.4) is 0 Å². The van der Waals surface area contributed by atoms with Gasteiger partial charge in [-0.05, 0) is 44.6 Å². The molecule has 0 N–H and O–H groups in total. The fourth-order valence-corrected chi connectivity index (χ4v) is 4.47. The number of amides is 1. The third-order valence-corrected chi connectivity index (χ3v) is 6.09. The summed E-state index contributed by atoms with van der Waals surface area (Å²) >= 11 is 5.98. The van der Waals surface area contributed by atoms with E-state index in [1.807, 2.05) is 6.92 Å². The maximum Gasteiger partial charge on any atom is 0.417 e. The number of benzene rings is 1. The molecule has 5 nitrogen and oxygen atoms in total. The lowest BCUT2D eigenvalue weighted by Crippen LogP contribution is -2.45. The number of halogens is 5. The van der Waals surface area contributed by atoms with Crippen LogP contribution < -0.4 is 0 Å². The van der Waals surface area contributed by atoms with E-state index in [1.165, 1.54) is 23.1 Å². The van der Waals surface area contributed by atoms with E-state index in [1.54, 1.807) is 17.7 Å². The standard InChI is InChI=1S/C21H19ClF4N4O/c1-11-10-17-19(27-28-30(17)14-8-6-13(23)7-9-14)12(2)29(11)20(31)15-4-3-5-16(18(15)22)21(24,25)26/h3-6,8,11-12H,7,9-10H2,1-2H3/t11-,12-/m1/s1. The number of carbonyl (C=O) groups excluding carboxylic acids is 1. The molecule has 1 amide bonds. The van der Waals surface area contributed by atoms with Crippen molar-refractivity contribution in [3.63, 3.8) is 0 Å². The van der Waals surface area contributed by atoms with Gasteiger partial charge in [0.05, 0.1) is 27.9 Å². The molecule has 2 aliphatic rings. The van der Waals surface area contributed by atoms with Crippen molar-refractivity contribution < 1.29 is 22.4 Å². The summed E-state index contributed by atoms with van der Waals surface area (Å²) in [4.78, 5) is 14.7. The van der Waals surface area contributed by atoms with E-state index in [0.29, 0.717) is 18.5 Å². The van der Waals surface area contributed by atoms with Gasteiger partial charge in [0.2, 0.25) is 0 Å². The number of hydrogen-bond acceptors (Lipinski definition) is 3. The Balaban J connectivity index is 1.69. The molecule has 0 unspecified atom stereocenters. The molecule has 4 rings (SSSR count). The highest BCUT2D eigenvalue weighted by Gasteiger charge is 2.40. The predicted octanol–water partition coefficient (Wildman–Crippen LogP) is 5.59. The summed E-state index contributed by atoms with van der Waals surface area (Å²) in [5.74, 6) is -0.799. The average molecular weight is 455 g/mol. The number of nitrogens with zero attached hydrogens (tertiary/aromatic N) is 4. The number of rotatable bonds is 2. The zero-order chi connectivity index (χ0) is 22.5. The van der Waals surface area contributed by atoms with E-state index < -0.39 is 28.7 Å². The molecule has 2 atom stereocenters. The Morgan fingerprint density at radius 2 is 1.94 bits per heavy atom. The monoisotopic (exact) mass is 454 g/mol. The molecule has 0 radical (unpaired) electrons. The first kappa shape index (κ1) is 21.5. The minimum absolute atomic E-state index is 0.200. The van der Waals surface area contributed by atoms with Crippen LogP contribution >= 0.6 is 11.6 Å². The van der Waals surface area contributed by atoms with Gasteiger partial charge < -0.3 is 4.90 Å². The van der Waals surface area contributed by atoms with E-state index in [4.69, 9.17) is 11.6 Å². The van der Waals surface area contributed by atoms with Crippen molar-refractivity contribution in [3.05, 3.63) is 63.7 Å². The van der Waals surface area contributed by atoms with Crippen molar-refractivity contribution in [3.8, 4) is 0 Å². The topological polar surface area (TPSA) is 51.0 Å². The van der Waals surface area contributed by atoms with Gasteiger partial charge in [-0.1, -0.05) is 22.9 Å². The Kier molecular flexibility index (Phi) is 5.41. The second-order valence-corrected chi connectivity index (χ2v) is 8.09. The first-order valence-electron chi connectivity index (χ1n) is 9.78. The number of fused-ring (bicyclic) bond motifs is 1. The number of carbonyl (C=O) groups is 1. The Hall–Kier alpha value is -2.68. The Morgan fingerprint density at radius 1 is 1.19 bits per heavy atom. The Morgan fingerprint density at radius 3 is 2.58 bits per heavy atom. The van der Waals surface area contributed by atoms with Gasteiger partial charge in [0.25, 0.3) is 5.91 Å². The van der Waals surface area contributed by atoms with Crippen LogP contribution in [0.25, 0.3) is 5.70 Å². The fourth-order valence-electron chi connectivity index (χ4n) is 4.16. The van der Waals surface area contributed by atoms with Crippen LogP contribution in [0.1, 0.15) is 60.0 Å². The van der Waals surface area contributed by atoms with Gasteiger partial charge >= 0.3 is 6.18 Å². The summed E-state index contributed by atoms with van der Waals surface area (Å²) in [5, 5.41) is 7.80. The van der Waals surface area contributed by atoms with Crippen LogP contribution in [0.15, 0.2) is 36.2 Å². The normalized spacial score (nSPS) is 21.5. The van der Waals surface area contributed by atoms with Gasteiger partial charge in [-0.2, -0.15) is 13.2 Å². The van der Waals surface area contributed by atoms with Crippen molar-refractivity contribution in [2.75, 3.05) is 0 Å². The second-order valence-electron chi connectivity index (χ2n) is 7.71. The molecule has 0 fully saturated rings. The molecular formula is C21H19ClF4N4O. The molecule has 0 saturated carbocycles. The Bertz CT molecular complexity index is 1110. The predicted molar refractivity (Wildman–Crippen MR) is 107 cm³/mol. The lowest BCUT2D eigenvalue weighted by atomic mass is 9.95. The second kappa shape index (κ2) is 7.78. The van der Waals surface area contributed by atoms with Gasteiger partial charge in [0.1, 0.15) is 11.5 Å². The van der Waals surface area contributed by atoms with Crippen LogP contribution in [0.5, 0.6) is 0 Å². The van der Waals surface area contributed by atoms with Crippen LogP contribution in [0, 0.1) is 0 Å². The minimum Gasteiger partial charge on any atom is -0.327 e. The van der Waals surface area contributed by atoms with Gasteiger partial charge in [-0.25, -0.2) is 9.07 Å². The molecule has 10 heteroatoms. The SMILES string of the molecule is C[C@@H]1Cc2c(nnn2C2=CC=C(F)CC2)[C@@H](C)N1C(=O)c1cccc(C(F)(F)F)c1Cl. The van der Waals surface area contributed by atoms with Crippen LogP contribution in [0.4, 0.5) is 17.6 Å². The molecule has 1 aromatic carbocycles. The number of hydrogen-bond donors (Lipinski definition) is 0. The fraction of sp³-hybridized carbons (Fsp3) is 0.381. The molecule has 164 valence electrons. The highest BCUT2D eigenvalue weighted by atomic mass is 35.5. The first-order chi connectivity index (χ1) is 14.6. The minimum atomic E-state index is -4.66. The lowest BCUT2D eigenvalue weighted by Gasteiger charge is -2.38.